The predicted molar refractivity (Wildman–Crippen MR) is 150 cm³/mol. The third-order valence-electron chi connectivity index (χ3n) is 6.25. The highest BCUT2D eigenvalue weighted by molar-refractivity contribution is 7.92. The molecule has 0 saturated heterocycles. The Labute approximate surface area is 233 Å². The molecule has 0 bridgehead atoms. The topological polar surface area (TPSA) is 105 Å². The summed E-state index contributed by atoms with van der Waals surface area (Å²) in [7, 11) is -2.39. The minimum absolute atomic E-state index is 0.0447. The average Bonchev–Trinajstić information content (AvgIpc) is 2.92. The zero-order valence-corrected chi connectivity index (χ0v) is 23.2. The van der Waals surface area contributed by atoms with Crippen molar-refractivity contribution in [1.82, 2.24) is 10.2 Å². The van der Waals surface area contributed by atoms with Gasteiger partial charge in [-0.2, -0.15) is 0 Å². The summed E-state index contributed by atoms with van der Waals surface area (Å²) in [5.74, 6) is -0.0443. The maximum atomic E-state index is 14.0. The van der Waals surface area contributed by atoms with E-state index in [-0.39, 0.29) is 24.6 Å². The number of anilines is 1. The second-order valence-electron chi connectivity index (χ2n) is 9.07. The van der Waals surface area contributed by atoms with Crippen molar-refractivity contribution in [3.05, 3.63) is 88.9 Å². The van der Waals surface area contributed by atoms with Gasteiger partial charge in [-0.3, -0.25) is 13.9 Å². The van der Waals surface area contributed by atoms with E-state index in [0.29, 0.717) is 35.3 Å². The van der Waals surface area contributed by atoms with Gasteiger partial charge in [0.05, 0.1) is 11.9 Å². The largest absolute Gasteiger partial charge is 0.486 e. The molecule has 39 heavy (non-hydrogen) atoms. The lowest BCUT2D eigenvalue weighted by molar-refractivity contribution is -0.139. The summed E-state index contributed by atoms with van der Waals surface area (Å²) in [6, 6.07) is 20.1. The first-order valence-electron chi connectivity index (χ1n) is 12.3. The van der Waals surface area contributed by atoms with Crippen LogP contribution >= 0.6 is 11.6 Å². The fourth-order valence-corrected chi connectivity index (χ4v) is 5.41. The lowest BCUT2D eigenvalue weighted by Gasteiger charge is -2.33. The molecule has 0 spiro atoms. The number of fused-ring (bicyclic) bond motifs is 1. The summed E-state index contributed by atoms with van der Waals surface area (Å²) in [6.07, 6.45) is 1.26. The summed E-state index contributed by atoms with van der Waals surface area (Å²) in [4.78, 5) is 28.5. The smallest absolute Gasteiger partial charge is 0.244 e. The molecule has 0 aliphatic carbocycles. The number of ether oxygens (including phenoxy) is 2. The van der Waals surface area contributed by atoms with Gasteiger partial charge in [-0.25, -0.2) is 8.42 Å². The van der Waals surface area contributed by atoms with Gasteiger partial charge >= 0.3 is 0 Å². The van der Waals surface area contributed by atoms with Crippen molar-refractivity contribution in [2.45, 2.75) is 19.0 Å². The fourth-order valence-electron chi connectivity index (χ4n) is 4.35. The van der Waals surface area contributed by atoms with Crippen molar-refractivity contribution >= 4 is 39.1 Å². The minimum atomic E-state index is -3.90. The first-order chi connectivity index (χ1) is 18.7. The highest BCUT2D eigenvalue weighted by Gasteiger charge is 2.33. The van der Waals surface area contributed by atoms with Crippen LogP contribution in [0.1, 0.15) is 11.1 Å². The first-order valence-corrected chi connectivity index (χ1v) is 14.5. The monoisotopic (exact) mass is 571 g/mol. The maximum absolute atomic E-state index is 14.0. The number of rotatable bonds is 10. The molecule has 3 aromatic rings. The zero-order valence-electron chi connectivity index (χ0n) is 21.7. The van der Waals surface area contributed by atoms with Crippen LogP contribution < -0.4 is 19.1 Å². The van der Waals surface area contributed by atoms with E-state index in [1.54, 1.807) is 36.4 Å². The molecule has 0 radical (unpaired) electrons. The Kier molecular flexibility index (Phi) is 8.98. The van der Waals surface area contributed by atoms with Crippen molar-refractivity contribution in [1.29, 1.82) is 0 Å². The van der Waals surface area contributed by atoms with Gasteiger partial charge in [-0.1, -0.05) is 54.1 Å². The van der Waals surface area contributed by atoms with Crippen molar-refractivity contribution in [2.24, 2.45) is 0 Å². The van der Waals surface area contributed by atoms with Gasteiger partial charge in [0.15, 0.2) is 11.5 Å². The molecule has 0 saturated carbocycles. The van der Waals surface area contributed by atoms with Crippen molar-refractivity contribution in [3.8, 4) is 11.5 Å². The van der Waals surface area contributed by atoms with Gasteiger partial charge in [0.1, 0.15) is 25.8 Å². The van der Waals surface area contributed by atoms with E-state index in [1.165, 1.54) is 18.0 Å². The Bertz CT molecular complexity index is 1430. The average molecular weight is 572 g/mol. The summed E-state index contributed by atoms with van der Waals surface area (Å²) in [6.45, 7) is 0.237. The number of halogens is 1. The van der Waals surface area contributed by atoms with Crippen LogP contribution in [-0.4, -0.2) is 64.2 Å². The Morgan fingerprint density at radius 1 is 0.949 bits per heavy atom. The Morgan fingerprint density at radius 2 is 1.64 bits per heavy atom. The van der Waals surface area contributed by atoms with Crippen LogP contribution in [0, 0.1) is 0 Å². The Balaban J connectivity index is 1.71. The molecule has 1 N–H and O–H groups in total. The van der Waals surface area contributed by atoms with E-state index in [4.69, 9.17) is 21.1 Å². The molecule has 1 heterocycles. The molecular weight excluding hydrogens is 542 g/mol. The summed E-state index contributed by atoms with van der Waals surface area (Å²) >= 11 is 6.20. The zero-order chi connectivity index (χ0) is 28.0. The van der Waals surface area contributed by atoms with Gasteiger partial charge < -0.3 is 19.7 Å². The third-order valence-corrected chi connectivity index (χ3v) is 7.63. The van der Waals surface area contributed by atoms with E-state index in [9.17, 15) is 18.0 Å². The van der Waals surface area contributed by atoms with Crippen molar-refractivity contribution < 1.29 is 27.5 Å². The molecule has 4 rings (SSSR count). The van der Waals surface area contributed by atoms with Crippen molar-refractivity contribution in [2.75, 3.05) is 37.4 Å². The van der Waals surface area contributed by atoms with Gasteiger partial charge in [-0.15, -0.1) is 0 Å². The maximum Gasteiger partial charge on any atom is 0.244 e. The number of hydrogen-bond donors (Lipinski definition) is 1. The lowest BCUT2D eigenvalue weighted by atomic mass is 10.0. The van der Waals surface area contributed by atoms with Gasteiger partial charge in [-0.05, 0) is 35.4 Å². The van der Waals surface area contributed by atoms with Crippen LogP contribution in [0.3, 0.4) is 0 Å². The highest BCUT2D eigenvalue weighted by Crippen LogP contribution is 2.34. The van der Waals surface area contributed by atoms with Crippen LogP contribution in [0.4, 0.5) is 5.69 Å². The Hall–Kier alpha value is -3.76. The number of sulfonamides is 1. The summed E-state index contributed by atoms with van der Waals surface area (Å²) in [5.41, 5.74) is 1.79. The normalized spacial score (nSPS) is 13.3. The van der Waals surface area contributed by atoms with E-state index >= 15 is 0 Å². The molecule has 0 unspecified atom stereocenters. The van der Waals surface area contributed by atoms with Crippen LogP contribution in [0.15, 0.2) is 72.8 Å². The standard InChI is InChI=1S/C28H30ClN3O6S/c1-30-28(34)24(16-20-7-4-3-5-8-20)31(18-21-9-6-10-22(29)15-21)27(33)19-32(39(2,35)36)23-11-12-25-26(17-23)38-14-13-37-25/h3-12,15,17,24H,13-14,16,18-19H2,1-2H3,(H,30,34)/t24-/m0/s1. The van der Waals surface area contributed by atoms with Crippen LogP contribution in [0.2, 0.25) is 5.02 Å². The SMILES string of the molecule is CNC(=O)[C@H](Cc1ccccc1)N(Cc1cccc(Cl)c1)C(=O)CN(c1ccc2c(c1)OCCO2)S(C)(=O)=O. The second-order valence-corrected chi connectivity index (χ2v) is 11.4. The molecular formula is C28H30ClN3O6S. The number of likely N-dealkylation sites (N-methyl/N-ethyl adjacent to an activating group) is 1. The number of nitrogens with zero attached hydrogens (tertiary/aromatic N) is 2. The predicted octanol–water partition coefficient (Wildman–Crippen LogP) is 3.26. The number of amides is 2. The van der Waals surface area contributed by atoms with E-state index in [1.807, 2.05) is 30.3 Å². The quantitative estimate of drug-likeness (QED) is 0.400. The van der Waals surface area contributed by atoms with Gasteiger partial charge in [0.25, 0.3) is 0 Å². The lowest BCUT2D eigenvalue weighted by Crippen LogP contribution is -2.52. The summed E-state index contributed by atoms with van der Waals surface area (Å²) < 4.78 is 38.0. The number of carbonyl (C=O) groups excluding carboxylic acids is 2. The highest BCUT2D eigenvalue weighted by atomic mass is 35.5. The molecule has 11 heteroatoms. The van der Waals surface area contributed by atoms with E-state index in [0.717, 1.165) is 16.1 Å². The number of benzene rings is 3. The molecule has 206 valence electrons. The molecule has 3 aromatic carbocycles. The molecule has 1 aliphatic rings. The van der Waals surface area contributed by atoms with Crippen LogP contribution in [0.25, 0.3) is 0 Å². The molecule has 1 aliphatic heterocycles. The van der Waals surface area contributed by atoms with Crippen molar-refractivity contribution in [3.63, 3.8) is 0 Å². The number of hydrogen-bond acceptors (Lipinski definition) is 6. The molecule has 9 nitrogen and oxygen atoms in total. The first kappa shape index (κ1) is 28.3. The fraction of sp³-hybridized carbons (Fsp3) is 0.286. The van der Waals surface area contributed by atoms with Gasteiger partial charge in [0.2, 0.25) is 21.8 Å². The number of nitrogens with one attached hydrogen (secondary N) is 1. The Morgan fingerprint density at radius 3 is 2.31 bits per heavy atom. The van der Waals surface area contributed by atoms with E-state index < -0.39 is 28.5 Å². The molecule has 1 atom stereocenters. The summed E-state index contributed by atoms with van der Waals surface area (Å²) in [5, 5.41) is 3.13. The molecule has 0 fully saturated rings. The second kappa shape index (κ2) is 12.4. The number of carbonyl (C=O) groups is 2. The van der Waals surface area contributed by atoms with Crippen LogP contribution in [0.5, 0.6) is 11.5 Å². The van der Waals surface area contributed by atoms with Crippen LogP contribution in [-0.2, 0) is 32.6 Å². The van der Waals surface area contributed by atoms with Gasteiger partial charge in [0, 0.05) is 31.1 Å². The van der Waals surface area contributed by atoms with E-state index in [2.05, 4.69) is 5.32 Å². The minimum Gasteiger partial charge on any atom is -0.486 e. The molecule has 0 aromatic heterocycles. The third kappa shape index (κ3) is 7.21. The molecule has 2 amide bonds.